The average molecular weight is 510 g/mol. The normalized spacial score (nSPS) is 13.8. The molecule has 10 heteroatoms. The first-order valence-electron chi connectivity index (χ1n) is 12.0. The van der Waals surface area contributed by atoms with Crippen molar-refractivity contribution in [2.75, 3.05) is 5.32 Å². The number of rotatable bonds is 5. The van der Waals surface area contributed by atoms with Crippen molar-refractivity contribution in [2.24, 2.45) is 5.92 Å². The molecule has 1 aliphatic carbocycles. The standard InChI is InChI=1S/C27H20FN7OS/c28-20-11-21-19(10-18(20)15-9-16(13-29-12-15)31-27(36)14-3-1-4-14)24(35-34-21)26-32-23-17(22-5-2-8-37-22)6-7-30-25(23)33-26/h2,5-14H,1,3-4H2,(H,31,36)(H,34,35)(H,30,32,33). The van der Waals surface area contributed by atoms with Gasteiger partial charge in [0.2, 0.25) is 5.91 Å². The Kier molecular flexibility index (Phi) is 5.07. The van der Waals surface area contributed by atoms with Crippen molar-refractivity contribution < 1.29 is 9.18 Å². The molecule has 182 valence electrons. The Hall–Kier alpha value is -4.44. The Bertz CT molecular complexity index is 1790. The van der Waals surface area contributed by atoms with Crippen LogP contribution < -0.4 is 5.32 Å². The average Bonchev–Trinajstić information content (AvgIpc) is 3.61. The Morgan fingerprint density at radius 2 is 2.05 bits per heavy atom. The van der Waals surface area contributed by atoms with E-state index in [1.54, 1.807) is 42.1 Å². The Morgan fingerprint density at radius 1 is 1.14 bits per heavy atom. The number of anilines is 1. The van der Waals surface area contributed by atoms with Gasteiger partial charge >= 0.3 is 0 Å². The summed E-state index contributed by atoms with van der Waals surface area (Å²) in [6, 6.07) is 10.9. The second-order valence-electron chi connectivity index (χ2n) is 9.15. The molecule has 1 saturated carbocycles. The lowest BCUT2D eigenvalue weighted by molar-refractivity contribution is -0.122. The third-order valence-corrected chi connectivity index (χ3v) is 7.75. The van der Waals surface area contributed by atoms with Gasteiger partial charge in [-0.1, -0.05) is 12.5 Å². The lowest BCUT2D eigenvalue weighted by atomic mass is 9.85. The van der Waals surface area contributed by atoms with Crippen LogP contribution in [0.15, 0.2) is 60.4 Å². The number of nitrogens with zero attached hydrogens (tertiary/aromatic N) is 4. The van der Waals surface area contributed by atoms with E-state index in [2.05, 4.69) is 41.5 Å². The largest absolute Gasteiger partial charge is 0.335 e. The molecule has 8 nitrogen and oxygen atoms in total. The number of imidazole rings is 1. The number of carbonyl (C=O) groups excluding carboxylic acids is 1. The zero-order valence-corrected chi connectivity index (χ0v) is 20.3. The predicted molar refractivity (Wildman–Crippen MR) is 141 cm³/mol. The first-order chi connectivity index (χ1) is 18.1. The van der Waals surface area contributed by atoms with Gasteiger partial charge in [0.15, 0.2) is 11.5 Å². The number of amides is 1. The molecule has 6 aromatic rings. The van der Waals surface area contributed by atoms with Crippen LogP contribution in [0.25, 0.3) is 55.2 Å². The molecule has 0 atom stereocenters. The first kappa shape index (κ1) is 21.8. The van der Waals surface area contributed by atoms with Crippen LogP contribution in [-0.4, -0.2) is 36.0 Å². The fourth-order valence-electron chi connectivity index (χ4n) is 4.67. The van der Waals surface area contributed by atoms with E-state index in [-0.39, 0.29) is 11.8 Å². The number of thiophene rings is 1. The molecule has 7 rings (SSSR count). The predicted octanol–water partition coefficient (Wildman–Crippen LogP) is 6.17. The molecule has 5 heterocycles. The van der Waals surface area contributed by atoms with Gasteiger partial charge in [-0.05, 0) is 42.5 Å². The number of aromatic nitrogens is 6. The van der Waals surface area contributed by atoms with E-state index < -0.39 is 5.82 Å². The van der Waals surface area contributed by atoms with E-state index in [4.69, 9.17) is 0 Å². The molecule has 0 bridgehead atoms. The molecule has 37 heavy (non-hydrogen) atoms. The summed E-state index contributed by atoms with van der Waals surface area (Å²) in [6.07, 6.45) is 7.78. The third-order valence-electron chi connectivity index (χ3n) is 6.85. The van der Waals surface area contributed by atoms with Gasteiger partial charge in [0.05, 0.1) is 22.9 Å². The minimum absolute atomic E-state index is 0.0151. The number of carbonyl (C=O) groups is 1. The molecule has 0 spiro atoms. The quantitative estimate of drug-likeness (QED) is 0.257. The highest BCUT2D eigenvalue weighted by atomic mass is 32.1. The van der Waals surface area contributed by atoms with Gasteiger partial charge in [-0.25, -0.2) is 14.4 Å². The van der Waals surface area contributed by atoms with Crippen molar-refractivity contribution in [3.8, 4) is 33.1 Å². The SMILES string of the molecule is O=C(Nc1cncc(-c2cc3c(-c4nc5nccc(-c6cccs6)c5[nH]4)n[nH]c3cc2F)c1)C1CCC1. The summed E-state index contributed by atoms with van der Waals surface area (Å²) in [5.74, 6) is 0.149. The van der Waals surface area contributed by atoms with Crippen LogP contribution in [-0.2, 0) is 4.79 Å². The molecule has 0 saturated heterocycles. The number of benzene rings is 1. The maximum absolute atomic E-state index is 15.2. The van der Waals surface area contributed by atoms with Crippen LogP contribution >= 0.6 is 11.3 Å². The van der Waals surface area contributed by atoms with E-state index >= 15 is 4.39 Å². The second kappa shape index (κ2) is 8.59. The van der Waals surface area contributed by atoms with E-state index in [0.717, 1.165) is 35.2 Å². The van der Waals surface area contributed by atoms with Crippen molar-refractivity contribution in [3.63, 3.8) is 0 Å². The van der Waals surface area contributed by atoms with Crippen LogP contribution in [0.4, 0.5) is 10.1 Å². The number of pyridine rings is 2. The maximum Gasteiger partial charge on any atom is 0.227 e. The summed E-state index contributed by atoms with van der Waals surface area (Å²) in [5, 5.41) is 13.0. The number of aromatic amines is 2. The minimum Gasteiger partial charge on any atom is -0.335 e. The summed E-state index contributed by atoms with van der Waals surface area (Å²) in [7, 11) is 0. The first-order valence-corrected chi connectivity index (χ1v) is 12.8. The molecule has 1 aliphatic rings. The van der Waals surface area contributed by atoms with Crippen LogP contribution in [0, 0.1) is 11.7 Å². The highest BCUT2D eigenvalue weighted by Gasteiger charge is 2.25. The second-order valence-corrected chi connectivity index (χ2v) is 10.1. The zero-order valence-electron chi connectivity index (χ0n) is 19.5. The van der Waals surface area contributed by atoms with Gasteiger partial charge in [-0.2, -0.15) is 5.10 Å². The fourth-order valence-corrected chi connectivity index (χ4v) is 5.43. The summed E-state index contributed by atoms with van der Waals surface area (Å²) >= 11 is 1.64. The molecular formula is C27H20FN7OS. The molecule has 0 aliphatic heterocycles. The van der Waals surface area contributed by atoms with Crippen molar-refractivity contribution in [1.29, 1.82) is 0 Å². The monoisotopic (exact) mass is 509 g/mol. The van der Waals surface area contributed by atoms with Crippen molar-refractivity contribution in [1.82, 2.24) is 30.1 Å². The van der Waals surface area contributed by atoms with Gasteiger partial charge < -0.3 is 10.3 Å². The number of hydrogen-bond donors (Lipinski definition) is 3. The number of nitrogens with one attached hydrogen (secondary N) is 3. The Morgan fingerprint density at radius 3 is 2.86 bits per heavy atom. The summed E-state index contributed by atoms with van der Waals surface area (Å²) in [4.78, 5) is 30.2. The highest BCUT2D eigenvalue weighted by molar-refractivity contribution is 7.13. The van der Waals surface area contributed by atoms with Crippen LogP contribution in [0.2, 0.25) is 0 Å². The molecule has 1 amide bonds. The van der Waals surface area contributed by atoms with Gasteiger partial charge in [0.1, 0.15) is 11.5 Å². The van der Waals surface area contributed by atoms with Gasteiger partial charge in [-0.3, -0.25) is 14.9 Å². The molecule has 0 unspecified atom stereocenters. The fraction of sp³-hybridized carbons (Fsp3) is 0.148. The number of hydrogen-bond acceptors (Lipinski definition) is 6. The van der Waals surface area contributed by atoms with Crippen LogP contribution in [0.3, 0.4) is 0 Å². The van der Waals surface area contributed by atoms with Gasteiger partial charge in [-0.15, -0.1) is 11.3 Å². The zero-order chi connectivity index (χ0) is 24.9. The molecular weight excluding hydrogens is 489 g/mol. The van der Waals surface area contributed by atoms with Crippen LogP contribution in [0.1, 0.15) is 19.3 Å². The molecule has 1 aromatic carbocycles. The molecule has 0 radical (unpaired) electrons. The van der Waals surface area contributed by atoms with E-state index in [1.165, 1.54) is 6.07 Å². The lowest BCUT2D eigenvalue weighted by Gasteiger charge is -2.24. The topological polar surface area (TPSA) is 112 Å². The van der Waals surface area contributed by atoms with Gasteiger partial charge in [0, 0.05) is 51.3 Å². The van der Waals surface area contributed by atoms with E-state index in [1.807, 2.05) is 17.5 Å². The van der Waals surface area contributed by atoms with Crippen molar-refractivity contribution in [3.05, 3.63) is 66.2 Å². The Labute approximate surface area is 214 Å². The molecule has 1 fully saturated rings. The number of H-pyrrole nitrogens is 2. The van der Waals surface area contributed by atoms with E-state index in [9.17, 15) is 4.79 Å². The summed E-state index contributed by atoms with van der Waals surface area (Å²) in [6.45, 7) is 0. The summed E-state index contributed by atoms with van der Waals surface area (Å²) < 4.78 is 15.2. The van der Waals surface area contributed by atoms with Crippen molar-refractivity contribution in [2.45, 2.75) is 19.3 Å². The minimum atomic E-state index is -0.418. The Balaban J connectivity index is 1.29. The lowest BCUT2D eigenvalue weighted by Crippen LogP contribution is -2.28. The third kappa shape index (κ3) is 3.77. The van der Waals surface area contributed by atoms with Crippen LogP contribution in [0.5, 0.6) is 0 Å². The summed E-state index contributed by atoms with van der Waals surface area (Å²) in [5.41, 5.74) is 4.98. The smallest absolute Gasteiger partial charge is 0.227 e. The van der Waals surface area contributed by atoms with Gasteiger partial charge in [0.25, 0.3) is 0 Å². The highest BCUT2D eigenvalue weighted by Crippen LogP contribution is 2.35. The molecule has 3 N–H and O–H groups in total. The molecule has 5 aromatic heterocycles. The number of halogens is 1. The maximum atomic E-state index is 15.2. The van der Waals surface area contributed by atoms with E-state index in [0.29, 0.717) is 44.9 Å². The van der Waals surface area contributed by atoms with Crippen molar-refractivity contribution >= 4 is 45.0 Å². The number of fused-ring (bicyclic) bond motifs is 2.